The van der Waals surface area contributed by atoms with Gasteiger partial charge in [-0.05, 0) is 0 Å². The van der Waals surface area contributed by atoms with Crippen molar-refractivity contribution in [3.8, 4) is 0 Å². The Kier molecular flexibility index (Phi) is 13.7. The second kappa shape index (κ2) is 12.8. The highest BCUT2D eigenvalue weighted by atomic mass is 16.4. The van der Waals surface area contributed by atoms with Crippen molar-refractivity contribution < 1.29 is 55.9 Å². The molecule has 0 heterocycles. The van der Waals surface area contributed by atoms with Crippen LogP contribution in [-0.4, -0.2) is 120 Å². The molecule has 0 unspecified atom stereocenters. The highest BCUT2D eigenvalue weighted by Crippen LogP contribution is 2.04. The Morgan fingerprint density at radius 3 is 1.09 bits per heavy atom. The summed E-state index contributed by atoms with van der Waals surface area (Å²) in [5, 5.41) is 86.2. The van der Waals surface area contributed by atoms with Crippen molar-refractivity contribution in [3.63, 3.8) is 0 Å². The van der Waals surface area contributed by atoms with Crippen LogP contribution >= 0.6 is 0 Å². The third-order valence-corrected chi connectivity index (χ3v) is 2.58. The number of aliphatic hydroxyl groups is 10. The SMILES string of the molecule is O=C[C@H](O)[C@@H](O)[C@@H](O)CO.OC[C@@H](O)[C@@H](O)[C@H](O)[C@@H](O)CO. The molecule has 0 aliphatic rings. The molecule has 0 saturated heterocycles. The van der Waals surface area contributed by atoms with Crippen LogP contribution in [0.2, 0.25) is 0 Å². The zero-order chi connectivity index (χ0) is 17.9. The van der Waals surface area contributed by atoms with Crippen molar-refractivity contribution >= 4 is 6.29 Å². The van der Waals surface area contributed by atoms with Crippen LogP contribution < -0.4 is 0 Å². The molecule has 0 saturated carbocycles. The molecule has 10 N–H and O–H groups in total. The quantitative estimate of drug-likeness (QED) is 0.179. The Morgan fingerprint density at radius 1 is 0.591 bits per heavy atom. The van der Waals surface area contributed by atoms with Gasteiger partial charge in [-0.2, -0.15) is 0 Å². The normalized spacial score (nSPS) is 20.6. The van der Waals surface area contributed by atoms with E-state index in [1.165, 1.54) is 0 Å². The Hall–Kier alpha value is -0.730. The van der Waals surface area contributed by atoms with Gasteiger partial charge in [-0.15, -0.1) is 0 Å². The highest BCUT2D eigenvalue weighted by Gasteiger charge is 2.29. The third kappa shape index (κ3) is 8.65. The fourth-order valence-corrected chi connectivity index (χ4v) is 1.09. The van der Waals surface area contributed by atoms with E-state index >= 15 is 0 Å². The number of carbonyl (C=O) groups is 1. The van der Waals surface area contributed by atoms with Gasteiger partial charge in [0.05, 0.1) is 19.8 Å². The molecule has 0 amide bonds. The first-order valence-electron chi connectivity index (χ1n) is 6.22. The lowest BCUT2D eigenvalue weighted by Crippen LogP contribution is -2.46. The van der Waals surface area contributed by atoms with E-state index in [0.717, 1.165) is 0 Å². The maximum Gasteiger partial charge on any atom is 0.151 e. The summed E-state index contributed by atoms with van der Waals surface area (Å²) in [6, 6.07) is 0. The Morgan fingerprint density at radius 2 is 0.864 bits per heavy atom. The molecule has 0 bridgehead atoms. The monoisotopic (exact) mass is 332 g/mol. The van der Waals surface area contributed by atoms with E-state index in [4.69, 9.17) is 51.1 Å². The molecule has 0 aliphatic heterocycles. The largest absolute Gasteiger partial charge is 0.394 e. The predicted molar refractivity (Wildman–Crippen MR) is 69.4 cm³/mol. The first-order chi connectivity index (χ1) is 10.2. The van der Waals surface area contributed by atoms with Crippen molar-refractivity contribution in [1.82, 2.24) is 0 Å². The summed E-state index contributed by atoms with van der Waals surface area (Å²) >= 11 is 0. The maximum atomic E-state index is 9.76. The summed E-state index contributed by atoms with van der Waals surface area (Å²) in [6.07, 6.45) is -11.0. The second-order valence-electron chi connectivity index (χ2n) is 4.35. The molecule has 22 heavy (non-hydrogen) atoms. The molecule has 0 aromatic heterocycles. The highest BCUT2D eigenvalue weighted by molar-refractivity contribution is 5.56. The minimum absolute atomic E-state index is 0.0869. The molecule has 0 spiro atoms. The summed E-state index contributed by atoms with van der Waals surface area (Å²) in [7, 11) is 0. The smallest absolute Gasteiger partial charge is 0.151 e. The van der Waals surface area contributed by atoms with Crippen LogP contribution in [0, 0.1) is 0 Å². The summed E-state index contributed by atoms with van der Waals surface area (Å²) in [5.41, 5.74) is 0. The van der Waals surface area contributed by atoms with E-state index < -0.39 is 62.5 Å². The summed E-state index contributed by atoms with van der Waals surface area (Å²) < 4.78 is 0. The fourth-order valence-electron chi connectivity index (χ4n) is 1.09. The van der Waals surface area contributed by atoms with Crippen molar-refractivity contribution in [3.05, 3.63) is 0 Å². The summed E-state index contributed by atoms with van der Waals surface area (Å²) in [4.78, 5) is 9.76. The van der Waals surface area contributed by atoms with Gasteiger partial charge >= 0.3 is 0 Å². The van der Waals surface area contributed by atoms with E-state index in [-0.39, 0.29) is 6.29 Å². The molecule has 7 atom stereocenters. The van der Waals surface area contributed by atoms with Crippen LogP contribution in [0.15, 0.2) is 0 Å². The zero-order valence-electron chi connectivity index (χ0n) is 11.6. The van der Waals surface area contributed by atoms with Crippen molar-refractivity contribution in [2.45, 2.75) is 42.7 Å². The van der Waals surface area contributed by atoms with Gasteiger partial charge in [0, 0.05) is 0 Å². The van der Waals surface area contributed by atoms with Gasteiger partial charge in [-0.25, -0.2) is 0 Å². The van der Waals surface area contributed by atoms with Gasteiger partial charge in [0.1, 0.15) is 42.7 Å². The van der Waals surface area contributed by atoms with Gasteiger partial charge in [0.25, 0.3) is 0 Å². The lowest BCUT2D eigenvalue weighted by Gasteiger charge is -2.24. The first-order valence-corrected chi connectivity index (χ1v) is 6.22. The number of hydrogen-bond acceptors (Lipinski definition) is 11. The lowest BCUT2D eigenvalue weighted by atomic mass is 10.0. The number of carbonyl (C=O) groups excluding carboxylic acids is 1. The number of rotatable bonds is 9. The molecule has 134 valence electrons. The van der Waals surface area contributed by atoms with Crippen molar-refractivity contribution in [2.75, 3.05) is 19.8 Å². The Labute approximate surface area is 125 Å². The maximum absolute atomic E-state index is 9.76. The average molecular weight is 332 g/mol. The van der Waals surface area contributed by atoms with Crippen LogP contribution in [0.5, 0.6) is 0 Å². The number of aldehydes is 1. The molecule has 0 aromatic carbocycles. The van der Waals surface area contributed by atoms with Gasteiger partial charge in [-0.3, -0.25) is 0 Å². The van der Waals surface area contributed by atoms with Crippen LogP contribution in [0.25, 0.3) is 0 Å². The zero-order valence-corrected chi connectivity index (χ0v) is 11.6. The first kappa shape index (κ1) is 23.5. The molecule has 0 fully saturated rings. The van der Waals surface area contributed by atoms with Gasteiger partial charge < -0.3 is 55.9 Å². The molecular formula is C11H24O11. The second-order valence-corrected chi connectivity index (χ2v) is 4.35. The van der Waals surface area contributed by atoms with Gasteiger partial charge in [-0.1, -0.05) is 0 Å². The minimum Gasteiger partial charge on any atom is -0.394 e. The van der Waals surface area contributed by atoms with E-state index in [2.05, 4.69) is 0 Å². The van der Waals surface area contributed by atoms with Gasteiger partial charge in [0.15, 0.2) is 6.29 Å². The molecule has 0 rings (SSSR count). The van der Waals surface area contributed by atoms with E-state index in [9.17, 15) is 4.79 Å². The molecule has 0 aliphatic carbocycles. The van der Waals surface area contributed by atoms with E-state index in [1.54, 1.807) is 0 Å². The van der Waals surface area contributed by atoms with Crippen LogP contribution in [0.3, 0.4) is 0 Å². The Balaban J connectivity index is 0. The Bertz CT molecular complexity index is 263. The topological polar surface area (TPSA) is 219 Å². The summed E-state index contributed by atoms with van der Waals surface area (Å²) in [6.45, 7) is -2.14. The summed E-state index contributed by atoms with van der Waals surface area (Å²) in [5.74, 6) is 0. The molecular weight excluding hydrogens is 308 g/mol. The molecule has 0 radical (unpaired) electrons. The van der Waals surface area contributed by atoms with Crippen LogP contribution in [0.1, 0.15) is 0 Å². The van der Waals surface area contributed by atoms with Crippen molar-refractivity contribution in [1.29, 1.82) is 0 Å². The standard InChI is InChI=1S/C6H14O6.C5H10O5/c7-1-3(9)5(11)6(12)4(10)2-8;6-1-3(8)5(10)4(9)2-7/h3-12H,1-2H2;1,3-5,7-10H,2H2/t3-,4+,5-,6-;3-,4-,5+/m10/s1. The van der Waals surface area contributed by atoms with E-state index in [1.807, 2.05) is 0 Å². The third-order valence-electron chi connectivity index (χ3n) is 2.58. The van der Waals surface area contributed by atoms with Crippen LogP contribution in [-0.2, 0) is 4.79 Å². The van der Waals surface area contributed by atoms with Crippen molar-refractivity contribution in [2.24, 2.45) is 0 Å². The fraction of sp³-hybridized carbons (Fsp3) is 0.909. The van der Waals surface area contributed by atoms with Gasteiger partial charge in [0.2, 0.25) is 0 Å². The predicted octanol–water partition coefficient (Wildman–Crippen LogP) is -6.33. The molecule has 0 aromatic rings. The number of aliphatic hydroxyl groups excluding tert-OH is 10. The van der Waals surface area contributed by atoms with Crippen LogP contribution in [0.4, 0.5) is 0 Å². The minimum atomic E-state index is -1.67. The average Bonchev–Trinajstić information content (AvgIpc) is 2.56. The van der Waals surface area contributed by atoms with E-state index in [0.29, 0.717) is 0 Å². The number of hydrogen-bond donors (Lipinski definition) is 10. The lowest BCUT2D eigenvalue weighted by molar-refractivity contribution is -0.127. The molecule has 11 nitrogen and oxygen atoms in total. The molecule has 11 heteroatoms.